The number of hydrogen-bond acceptors (Lipinski definition) is 2. The van der Waals surface area contributed by atoms with Crippen LogP contribution in [0.4, 0.5) is 4.39 Å². The number of benzene rings is 1. The lowest BCUT2D eigenvalue weighted by Gasteiger charge is -2.34. The number of hydrogen-bond donors (Lipinski definition) is 2. The van der Waals surface area contributed by atoms with Crippen LogP contribution in [0.2, 0.25) is 5.02 Å². The number of halogens is 3. The molecule has 1 aliphatic heterocycles. The minimum absolute atomic E-state index is 0. The van der Waals surface area contributed by atoms with Gasteiger partial charge in [-0.25, -0.2) is 4.39 Å². The van der Waals surface area contributed by atoms with Gasteiger partial charge in [0.15, 0.2) is 5.96 Å². The molecule has 2 atom stereocenters. The van der Waals surface area contributed by atoms with Crippen molar-refractivity contribution in [2.45, 2.75) is 51.1 Å². The van der Waals surface area contributed by atoms with E-state index < -0.39 is 0 Å². The fourth-order valence-electron chi connectivity index (χ4n) is 3.69. The molecule has 1 saturated heterocycles. The molecule has 1 heterocycles. The van der Waals surface area contributed by atoms with E-state index in [0.29, 0.717) is 10.6 Å². The molecule has 2 aliphatic rings. The maximum absolute atomic E-state index is 14.1. The summed E-state index contributed by atoms with van der Waals surface area (Å²) in [7, 11) is 1.74. The summed E-state index contributed by atoms with van der Waals surface area (Å²) in [5, 5.41) is 7.30. The molecule has 0 aromatic heterocycles. The number of nitrogens with one attached hydrogen (secondary N) is 2. The predicted octanol–water partition coefficient (Wildman–Crippen LogP) is 3.77. The quantitative estimate of drug-likeness (QED) is 0.360. The Bertz CT molecular complexity index is 702. The first-order valence-electron chi connectivity index (χ1n) is 9.63. The van der Waals surface area contributed by atoms with Gasteiger partial charge in [0.1, 0.15) is 5.82 Å². The highest BCUT2D eigenvalue weighted by molar-refractivity contribution is 14.0. The molecule has 0 spiro atoms. The third-order valence-electron chi connectivity index (χ3n) is 5.35. The van der Waals surface area contributed by atoms with Crippen molar-refractivity contribution >= 4 is 47.4 Å². The highest BCUT2D eigenvalue weighted by atomic mass is 127. The monoisotopic (exact) mass is 522 g/mol. The second-order valence-corrected chi connectivity index (χ2v) is 8.11. The molecule has 8 heteroatoms. The van der Waals surface area contributed by atoms with Crippen LogP contribution in [0.5, 0.6) is 0 Å². The first-order valence-corrected chi connectivity index (χ1v) is 10.0. The Morgan fingerprint density at radius 3 is 2.54 bits per heavy atom. The summed E-state index contributed by atoms with van der Waals surface area (Å²) < 4.78 is 14.1. The Hall–Kier alpha value is -1.09. The predicted molar refractivity (Wildman–Crippen MR) is 122 cm³/mol. The number of piperidine rings is 1. The van der Waals surface area contributed by atoms with Crippen LogP contribution in [0.1, 0.15) is 44.6 Å². The van der Waals surface area contributed by atoms with E-state index in [4.69, 9.17) is 11.6 Å². The van der Waals surface area contributed by atoms with Gasteiger partial charge in [-0.15, -0.1) is 24.0 Å². The van der Waals surface area contributed by atoms with Crippen LogP contribution in [0.15, 0.2) is 23.2 Å². The van der Waals surface area contributed by atoms with Gasteiger partial charge in [0.05, 0.1) is 0 Å². The summed E-state index contributed by atoms with van der Waals surface area (Å²) in [6.07, 6.45) is 2.63. The highest BCUT2D eigenvalue weighted by Crippen LogP contribution is 2.44. The van der Waals surface area contributed by atoms with Gasteiger partial charge in [0, 0.05) is 54.6 Å². The van der Waals surface area contributed by atoms with Crippen LogP contribution in [-0.4, -0.2) is 49.0 Å². The molecule has 5 nitrogen and oxygen atoms in total. The Balaban J connectivity index is 0.00000280. The number of likely N-dealkylation sites (tertiary alicyclic amines) is 1. The smallest absolute Gasteiger partial charge is 0.225 e. The molecule has 1 aromatic rings. The fraction of sp³-hybridized carbons (Fsp3) is 0.600. The molecule has 1 aliphatic carbocycles. The number of guanidine groups is 1. The minimum atomic E-state index is -0.248. The SMILES string of the molecule is CN=C(NC1CCN(C(=O)C(C)C)CC1)NC1CC1c1c(F)cccc1Cl.I. The standard InChI is InChI=1S/C20H28ClFN4O.HI/c1-12(2)19(27)26-9-7-13(8-10-26)24-20(23-3)25-17-11-14(17)18-15(21)5-4-6-16(18)22;/h4-6,12-14,17H,7-11H2,1-3H3,(H2,23,24,25);1H. The van der Waals surface area contributed by atoms with Crippen molar-refractivity contribution in [3.05, 3.63) is 34.6 Å². The van der Waals surface area contributed by atoms with Gasteiger partial charge < -0.3 is 15.5 Å². The van der Waals surface area contributed by atoms with Crippen LogP contribution in [0.3, 0.4) is 0 Å². The Labute approximate surface area is 188 Å². The van der Waals surface area contributed by atoms with Crippen molar-refractivity contribution in [2.24, 2.45) is 10.9 Å². The molecule has 3 rings (SSSR count). The van der Waals surface area contributed by atoms with Crippen molar-refractivity contribution in [2.75, 3.05) is 20.1 Å². The Morgan fingerprint density at radius 1 is 1.29 bits per heavy atom. The third-order valence-corrected chi connectivity index (χ3v) is 5.68. The van der Waals surface area contributed by atoms with Crippen LogP contribution in [-0.2, 0) is 4.79 Å². The van der Waals surface area contributed by atoms with Crippen LogP contribution in [0.25, 0.3) is 0 Å². The Morgan fingerprint density at radius 2 is 1.96 bits per heavy atom. The molecule has 1 amide bonds. The Kier molecular flexibility index (Phi) is 8.36. The van der Waals surface area contributed by atoms with E-state index in [2.05, 4.69) is 15.6 Å². The van der Waals surface area contributed by atoms with Crippen molar-refractivity contribution in [3.63, 3.8) is 0 Å². The average molecular weight is 523 g/mol. The van der Waals surface area contributed by atoms with E-state index in [1.54, 1.807) is 19.2 Å². The first-order chi connectivity index (χ1) is 12.9. The maximum Gasteiger partial charge on any atom is 0.225 e. The van der Waals surface area contributed by atoms with Gasteiger partial charge in [-0.2, -0.15) is 0 Å². The topological polar surface area (TPSA) is 56.7 Å². The van der Waals surface area contributed by atoms with Crippen LogP contribution in [0, 0.1) is 11.7 Å². The summed E-state index contributed by atoms with van der Waals surface area (Å²) >= 11 is 6.17. The molecule has 2 fully saturated rings. The molecule has 0 radical (unpaired) electrons. The van der Waals surface area contributed by atoms with Gasteiger partial charge in [-0.3, -0.25) is 9.79 Å². The van der Waals surface area contributed by atoms with Crippen LogP contribution >= 0.6 is 35.6 Å². The largest absolute Gasteiger partial charge is 0.354 e. The summed E-state index contributed by atoms with van der Waals surface area (Å²) in [4.78, 5) is 18.3. The summed E-state index contributed by atoms with van der Waals surface area (Å²) in [6.45, 7) is 5.41. The lowest BCUT2D eigenvalue weighted by atomic mass is 10.0. The zero-order chi connectivity index (χ0) is 19.6. The molecule has 1 saturated carbocycles. The van der Waals surface area contributed by atoms with Gasteiger partial charge in [0.2, 0.25) is 5.91 Å². The van der Waals surface area contributed by atoms with E-state index in [1.165, 1.54) is 6.07 Å². The minimum Gasteiger partial charge on any atom is -0.354 e. The molecule has 0 bridgehead atoms. The molecule has 28 heavy (non-hydrogen) atoms. The second kappa shape index (κ2) is 10.1. The van der Waals surface area contributed by atoms with E-state index >= 15 is 0 Å². The molecule has 1 aromatic carbocycles. The maximum atomic E-state index is 14.1. The lowest BCUT2D eigenvalue weighted by molar-refractivity contribution is -0.135. The number of carbonyl (C=O) groups is 1. The summed E-state index contributed by atoms with van der Waals surface area (Å²) in [5.74, 6) is 0.813. The lowest BCUT2D eigenvalue weighted by Crippen LogP contribution is -2.50. The van der Waals surface area contributed by atoms with Crippen molar-refractivity contribution in [3.8, 4) is 0 Å². The van der Waals surface area contributed by atoms with Gasteiger partial charge in [-0.05, 0) is 31.4 Å². The zero-order valence-corrected chi connectivity index (χ0v) is 19.6. The second-order valence-electron chi connectivity index (χ2n) is 7.70. The molecule has 156 valence electrons. The molecule has 2 unspecified atom stereocenters. The van der Waals surface area contributed by atoms with E-state index in [0.717, 1.165) is 38.3 Å². The third kappa shape index (κ3) is 5.49. The fourth-order valence-corrected chi connectivity index (χ4v) is 3.99. The molecular weight excluding hydrogens is 494 g/mol. The number of rotatable bonds is 4. The van der Waals surface area contributed by atoms with E-state index in [-0.39, 0.29) is 59.6 Å². The van der Waals surface area contributed by atoms with Crippen LogP contribution < -0.4 is 10.6 Å². The van der Waals surface area contributed by atoms with Gasteiger partial charge in [0.25, 0.3) is 0 Å². The number of carbonyl (C=O) groups excluding carboxylic acids is 1. The number of nitrogens with zero attached hydrogens (tertiary/aromatic N) is 2. The molecular formula is C20H29ClFIN4O. The zero-order valence-electron chi connectivity index (χ0n) is 16.5. The van der Waals surface area contributed by atoms with Crippen molar-refractivity contribution in [1.82, 2.24) is 15.5 Å². The summed E-state index contributed by atoms with van der Waals surface area (Å²) in [5.41, 5.74) is 0.590. The van der Waals surface area contributed by atoms with E-state index in [9.17, 15) is 9.18 Å². The van der Waals surface area contributed by atoms with Crippen molar-refractivity contribution in [1.29, 1.82) is 0 Å². The summed E-state index contributed by atoms with van der Waals surface area (Å²) in [6, 6.07) is 5.22. The normalized spacial score (nSPS) is 22.6. The van der Waals surface area contributed by atoms with Gasteiger partial charge >= 0.3 is 0 Å². The number of amides is 1. The highest BCUT2D eigenvalue weighted by Gasteiger charge is 2.42. The van der Waals surface area contributed by atoms with Crippen molar-refractivity contribution < 1.29 is 9.18 Å². The first kappa shape index (κ1) is 23.2. The molecule has 2 N–H and O–H groups in total. The van der Waals surface area contributed by atoms with E-state index in [1.807, 2.05) is 18.7 Å². The number of aliphatic imine (C=N–C) groups is 1. The van der Waals surface area contributed by atoms with Gasteiger partial charge in [-0.1, -0.05) is 31.5 Å². The average Bonchev–Trinajstić information content (AvgIpc) is 3.39.